The molecule has 0 radical (unpaired) electrons. The van der Waals surface area contributed by atoms with Gasteiger partial charge in [0.25, 0.3) is 0 Å². The van der Waals surface area contributed by atoms with Crippen molar-refractivity contribution in [3.63, 3.8) is 0 Å². The Morgan fingerprint density at radius 2 is 1.60 bits per heavy atom. The highest BCUT2D eigenvalue weighted by atomic mass is 16.5. The van der Waals surface area contributed by atoms with Crippen LogP contribution in [0.1, 0.15) is 28.4 Å². The van der Waals surface area contributed by atoms with Crippen molar-refractivity contribution in [1.29, 1.82) is 0 Å². The molecule has 3 nitrogen and oxygen atoms in total. The fourth-order valence-corrected chi connectivity index (χ4v) is 1.67. The largest absolute Gasteiger partial charge is 0.496 e. The van der Waals surface area contributed by atoms with Crippen LogP contribution in [0.5, 0.6) is 11.5 Å². The third-order valence-electron chi connectivity index (χ3n) is 2.61. The number of rotatable bonds is 3. The van der Waals surface area contributed by atoms with Crippen LogP contribution in [-0.2, 0) is 0 Å². The number of carbonyl (C=O) groups is 1. The number of hydrogen-bond donors (Lipinski definition) is 0. The quantitative estimate of drug-likeness (QED) is 0.716. The predicted molar refractivity (Wildman–Crippen MR) is 59.0 cm³/mol. The summed E-state index contributed by atoms with van der Waals surface area (Å²) in [6.07, 6.45) is 0. The first-order chi connectivity index (χ1) is 7.02. The van der Waals surface area contributed by atoms with Crippen molar-refractivity contribution in [1.82, 2.24) is 0 Å². The molecule has 0 saturated heterocycles. The number of Topliss-reactive ketones (excluding diaryl/α,β-unsaturated/α-hetero) is 1. The van der Waals surface area contributed by atoms with Crippen molar-refractivity contribution in [2.75, 3.05) is 14.2 Å². The number of carbonyl (C=O) groups excluding carboxylic acids is 1. The summed E-state index contributed by atoms with van der Waals surface area (Å²) in [6, 6.07) is 1.75. The molecule has 0 aliphatic rings. The van der Waals surface area contributed by atoms with Crippen LogP contribution in [0.25, 0.3) is 0 Å². The number of ether oxygens (including phenoxy) is 2. The summed E-state index contributed by atoms with van der Waals surface area (Å²) in [6.45, 7) is 5.37. The summed E-state index contributed by atoms with van der Waals surface area (Å²) < 4.78 is 10.4. The van der Waals surface area contributed by atoms with Gasteiger partial charge in [-0.15, -0.1) is 0 Å². The maximum Gasteiger partial charge on any atom is 0.163 e. The molecule has 0 heterocycles. The first-order valence-electron chi connectivity index (χ1n) is 4.76. The molecule has 0 fully saturated rings. The molecule has 15 heavy (non-hydrogen) atoms. The van der Waals surface area contributed by atoms with Crippen LogP contribution in [0.4, 0.5) is 0 Å². The van der Waals surface area contributed by atoms with Crippen LogP contribution in [-0.4, -0.2) is 20.0 Å². The molecule has 82 valence electrons. The van der Waals surface area contributed by atoms with E-state index in [9.17, 15) is 4.79 Å². The van der Waals surface area contributed by atoms with Crippen LogP contribution in [0.15, 0.2) is 6.07 Å². The number of hydrogen-bond acceptors (Lipinski definition) is 3. The Hall–Kier alpha value is -1.51. The van der Waals surface area contributed by atoms with Gasteiger partial charge in [-0.1, -0.05) is 0 Å². The third kappa shape index (κ3) is 1.96. The zero-order chi connectivity index (χ0) is 11.6. The zero-order valence-corrected chi connectivity index (χ0v) is 9.80. The van der Waals surface area contributed by atoms with Crippen molar-refractivity contribution >= 4 is 5.78 Å². The molecule has 0 N–H and O–H groups in total. The highest BCUT2D eigenvalue weighted by molar-refractivity contribution is 5.99. The monoisotopic (exact) mass is 208 g/mol. The maximum absolute atomic E-state index is 11.5. The Bertz CT molecular complexity index is 394. The van der Waals surface area contributed by atoms with Crippen LogP contribution in [0, 0.1) is 13.8 Å². The molecule has 1 aromatic carbocycles. The fourth-order valence-electron chi connectivity index (χ4n) is 1.67. The Labute approximate surface area is 90.0 Å². The van der Waals surface area contributed by atoms with Gasteiger partial charge in [0.1, 0.15) is 11.5 Å². The molecule has 1 rings (SSSR count). The van der Waals surface area contributed by atoms with E-state index in [4.69, 9.17) is 9.47 Å². The molecule has 0 aliphatic carbocycles. The molecule has 0 bridgehead atoms. The second-order valence-electron chi connectivity index (χ2n) is 3.46. The average Bonchev–Trinajstić information content (AvgIpc) is 2.20. The van der Waals surface area contributed by atoms with Gasteiger partial charge in [0.15, 0.2) is 5.78 Å². The lowest BCUT2D eigenvalue weighted by molar-refractivity contribution is 0.101. The van der Waals surface area contributed by atoms with Crippen LogP contribution in [0.2, 0.25) is 0 Å². The van der Waals surface area contributed by atoms with Gasteiger partial charge >= 0.3 is 0 Å². The minimum Gasteiger partial charge on any atom is -0.496 e. The van der Waals surface area contributed by atoms with E-state index >= 15 is 0 Å². The fraction of sp³-hybridized carbons (Fsp3) is 0.417. The van der Waals surface area contributed by atoms with E-state index in [2.05, 4.69) is 0 Å². The summed E-state index contributed by atoms with van der Waals surface area (Å²) in [7, 11) is 3.16. The van der Waals surface area contributed by atoms with Crippen molar-refractivity contribution in [3.8, 4) is 11.5 Å². The number of methoxy groups -OCH3 is 2. The van der Waals surface area contributed by atoms with Gasteiger partial charge in [0.2, 0.25) is 0 Å². The van der Waals surface area contributed by atoms with Gasteiger partial charge in [0.05, 0.1) is 19.8 Å². The van der Waals surface area contributed by atoms with E-state index in [1.807, 2.05) is 13.8 Å². The SMILES string of the molecule is COc1cc(OC)c(C(C)=O)c(C)c1C. The Kier molecular flexibility index (Phi) is 3.35. The van der Waals surface area contributed by atoms with Crippen molar-refractivity contribution < 1.29 is 14.3 Å². The minimum absolute atomic E-state index is 0.00935. The summed E-state index contributed by atoms with van der Waals surface area (Å²) in [5, 5.41) is 0. The Balaban J connectivity index is 3.51. The van der Waals surface area contributed by atoms with Gasteiger partial charge in [-0.3, -0.25) is 4.79 Å². The zero-order valence-electron chi connectivity index (χ0n) is 9.80. The molecule has 0 aliphatic heterocycles. The first-order valence-corrected chi connectivity index (χ1v) is 4.76. The minimum atomic E-state index is 0.00935. The number of benzene rings is 1. The van der Waals surface area contributed by atoms with Crippen LogP contribution < -0.4 is 9.47 Å². The lowest BCUT2D eigenvalue weighted by atomic mass is 9.98. The molecule has 0 atom stereocenters. The Morgan fingerprint density at radius 1 is 1.07 bits per heavy atom. The summed E-state index contributed by atoms with van der Waals surface area (Å²) >= 11 is 0. The number of ketones is 1. The van der Waals surface area contributed by atoms with Gasteiger partial charge in [-0.2, -0.15) is 0 Å². The molecule has 0 unspecified atom stereocenters. The smallest absolute Gasteiger partial charge is 0.163 e. The highest BCUT2D eigenvalue weighted by Crippen LogP contribution is 2.32. The van der Waals surface area contributed by atoms with E-state index in [1.165, 1.54) is 6.92 Å². The van der Waals surface area contributed by atoms with Crippen LogP contribution in [0.3, 0.4) is 0 Å². The second-order valence-corrected chi connectivity index (χ2v) is 3.46. The topological polar surface area (TPSA) is 35.5 Å². The lowest BCUT2D eigenvalue weighted by Crippen LogP contribution is -2.04. The molecule has 3 heteroatoms. The van der Waals surface area contributed by atoms with Crippen molar-refractivity contribution in [2.45, 2.75) is 20.8 Å². The van der Waals surface area contributed by atoms with Gasteiger partial charge < -0.3 is 9.47 Å². The van der Waals surface area contributed by atoms with E-state index in [1.54, 1.807) is 20.3 Å². The normalized spacial score (nSPS) is 9.93. The molecular formula is C12H16O3. The van der Waals surface area contributed by atoms with Gasteiger partial charge in [-0.05, 0) is 31.9 Å². The lowest BCUT2D eigenvalue weighted by Gasteiger charge is -2.14. The third-order valence-corrected chi connectivity index (χ3v) is 2.61. The van der Waals surface area contributed by atoms with Crippen molar-refractivity contribution in [3.05, 3.63) is 22.8 Å². The van der Waals surface area contributed by atoms with Gasteiger partial charge in [0, 0.05) is 6.07 Å². The van der Waals surface area contributed by atoms with E-state index in [-0.39, 0.29) is 5.78 Å². The van der Waals surface area contributed by atoms with Crippen molar-refractivity contribution in [2.24, 2.45) is 0 Å². The molecule has 1 aromatic rings. The van der Waals surface area contributed by atoms with E-state index < -0.39 is 0 Å². The van der Waals surface area contributed by atoms with E-state index in [0.717, 1.165) is 16.9 Å². The first kappa shape index (κ1) is 11.6. The molecule has 0 amide bonds. The van der Waals surface area contributed by atoms with E-state index in [0.29, 0.717) is 11.3 Å². The average molecular weight is 208 g/mol. The highest BCUT2D eigenvalue weighted by Gasteiger charge is 2.16. The van der Waals surface area contributed by atoms with Gasteiger partial charge in [-0.25, -0.2) is 0 Å². The predicted octanol–water partition coefficient (Wildman–Crippen LogP) is 2.52. The summed E-state index contributed by atoms with van der Waals surface area (Å²) in [5.74, 6) is 1.33. The summed E-state index contributed by atoms with van der Waals surface area (Å²) in [5.41, 5.74) is 2.53. The second kappa shape index (κ2) is 4.34. The molecule has 0 saturated carbocycles. The van der Waals surface area contributed by atoms with Crippen LogP contribution >= 0.6 is 0 Å². The standard InChI is InChI=1S/C12H16O3/c1-7-8(2)12(9(3)13)11(15-5)6-10(7)14-4/h6H,1-5H3. The molecule has 0 spiro atoms. The Morgan fingerprint density at radius 3 is 2.00 bits per heavy atom. The molecule has 0 aromatic heterocycles. The summed E-state index contributed by atoms with van der Waals surface area (Å²) in [4.78, 5) is 11.5. The molecular weight excluding hydrogens is 192 g/mol. The maximum atomic E-state index is 11.5.